The van der Waals surface area contributed by atoms with Gasteiger partial charge >= 0.3 is 0 Å². The minimum Gasteiger partial charge on any atom is -0.507 e. The van der Waals surface area contributed by atoms with Crippen molar-refractivity contribution in [3.63, 3.8) is 0 Å². The first-order chi connectivity index (χ1) is 16.7. The Morgan fingerprint density at radius 3 is 2.31 bits per heavy atom. The predicted octanol–water partition coefficient (Wildman–Crippen LogP) is 3.78. The lowest BCUT2D eigenvalue weighted by molar-refractivity contribution is -0.139. The lowest BCUT2D eigenvalue weighted by atomic mass is 9.94. The van der Waals surface area contributed by atoms with E-state index in [1.165, 1.54) is 12.0 Å². The number of Topliss-reactive ketones (excluding diaryl/α,β-unsaturated/α-hetero) is 1. The van der Waals surface area contributed by atoms with Crippen molar-refractivity contribution in [2.75, 3.05) is 48.0 Å². The van der Waals surface area contributed by atoms with Gasteiger partial charge in [-0.3, -0.25) is 9.59 Å². The summed E-state index contributed by atoms with van der Waals surface area (Å²) in [4.78, 5) is 29.9. The molecule has 1 saturated heterocycles. The van der Waals surface area contributed by atoms with Crippen LogP contribution in [0.3, 0.4) is 0 Å². The van der Waals surface area contributed by atoms with Crippen LogP contribution in [0.5, 0.6) is 17.2 Å². The molecule has 1 fully saturated rings. The van der Waals surface area contributed by atoms with Gasteiger partial charge in [0.2, 0.25) is 0 Å². The van der Waals surface area contributed by atoms with Gasteiger partial charge in [-0.15, -0.1) is 0 Å². The van der Waals surface area contributed by atoms with Gasteiger partial charge in [-0.2, -0.15) is 0 Å². The van der Waals surface area contributed by atoms with Crippen molar-refractivity contribution in [2.45, 2.75) is 26.3 Å². The molecule has 1 aliphatic heterocycles. The van der Waals surface area contributed by atoms with Crippen LogP contribution in [-0.4, -0.2) is 74.6 Å². The second-order valence-electron chi connectivity index (χ2n) is 8.68. The van der Waals surface area contributed by atoms with Crippen LogP contribution >= 0.6 is 0 Å². The summed E-state index contributed by atoms with van der Waals surface area (Å²) >= 11 is 0. The summed E-state index contributed by atoms with van der Waals surface area (Å²) in [5.74, 6) is 0.143. The molecule has 1 aliphatic rings. The Morgan fingerprint density at radius 1 is 1.03 bits per heavy atom. The summed E-state index contributed by atoms with van der Waals surface area (Å²) < 4.78 is 16.4. The van der Waals surface area contributed by atoms with Crippen LogP contribution in [0.15, 0.2) is 42.0 Å². The van der Waals surface area contributed by atoms with Crippen molar-refractivity contribution in [3.05, 3.63) is 58.7 Å². The predicted molar refractivity (Wildman–Crippen MR) is 134 cm³/mol. The number of likely N-dealkylation sites (tertiary alicyclic amines) is 1. The summed E-state index contributed by atoms with van der Waals surface area (Å²) in [5.41, 5.74) is 1.97. The number of hydrogen-bond acceptors (Lipinski definition) is 7. The van der Waals surface area contributed by atoms with Crippen molar-refractivity contribution < 1.29 is 28.9 Å². The standard InChI is InChI=1S/C27H34N2O6/c1-7-35-20-11-10-19(15-17(20)2)25(30)23-24(18-9-12-21(33-5)22(16-18)34-6)29(27(32)26(23)31)14-8-13-28(3)4/h9-12,15-16,24,30H,7-8,13-14H2,1-6H3/b25-23-. The van der Waals surface area contributed by atoms with Crippen LogP contribution in [0.25, 0.3) is 5.76 Å². The maximum atomic E-state index is 13.2. The van der Waals surface area contributed by atoms with Gasteiger partial charge in [-0.05, 0) is 82.4 Å². The molecule has 8 heteroatoms. The van der Waals surface area contributed by atoms with Crippen molar-refractivity contribution in [1.82, 2.24) is 9.80 Å². The lowest BCUT2D eigenvalue weighted by Crippen LogP contribution is -2.32. The number of methoxy groups -OCH3 is 2. The average molecular weight is 483 g/mol. The average Bonchev–Trinajstić information content (AvgIpc) is 3.09. The molecule has 1 amide bonds. The Hall–Kier alpha value is -3.52. The second-order valence-corrected chi connectivity index (χ2v) is 8.68. The Labute approximate surface area is 206 Å². The fourth-order valence-electron chi connectivity index (χ4n) is 4.31. The number of nitrogens with zero attached hydrogens (tertiary/aromatic N) is 2. The Morgan fingerprint density at radius 2 is 1.71 bits per heavy atom. The molecule has 1 unspecified atom stereocenters. The van der Waals surface area contributed by atoms with E-state index in [0.29, 0.717) is 47.9 Å². The number of carbonyl (C=O) groups excluding carboxylic acids is 2. The van der Waals surface area contributed by atoms with Gasteiger partial charge in [-0.1, -0.05) is 6.07 Å². The number of ketones is 1. The normalized spacial score (nSPS) is 17.2. The largest absolute Gasteiger partial charge is 0.507 e. The zero-order chi connectivity index (χ0) is 25.7. The SMILES string of the molecule is CCOc1ccc(/C(O)=C2/C(=O)C(=O)N(CCCN(C)C)C2c2ccc(OC)c(OC)c2)cc1C. The molecule has 1 heterocycles. The minimum absolute atomic E-state index is 0.0515. The van der Waals surface area contributed by atoms with Crippen LogP contribution in [-0.2, 0) is 9.59 Å². The second kappa shape index (κ2) is 11.3. The maximum absolute atomic E-state index is 13.2. The van der Waals surface area contributed by atoms with Gasteiger partial charge < -0.3 is 29.1 Å². The van der Waals surface area contributed by atoms with Crippen LogP contribution in [0.1, 0.15) is 36.1 Å². The smallest absolute Gasteiger partial charge is 0.295 e. The molecule has 3 rings (SSSR count). The molecule has 0 radical (unpaired) electrons. The Balaban J connectivity index is 2.14. The topological polar surface area (TPSA) is 88.5 Å². The molecule has 35 heavy (non-hydrogen) atoms. The maximum Gasteiger partial charge on any atom is 0.295 e. The number of aryl methyl sites for hydroxylation is 1. The quantitative estimate of drug-likeness (QED) is 0.313. The number of benzene rings is 2. The van der Waals surface area contributed by atoms with E-state index in [1.54, 1.807) is 43.5 Å². The van der Waals surface area contributed by atoms with Gasteiger partial charge in [0.05, 0.1) is 32.4 Å². The zero-order valence-corrected chi connectivity index (χ0v) is 21.3. The number of amides is 1. The Kier molecular flexibility index (Phi) is 8.40. The Bertz CT molecular complexity index is 1120. The number of aliphatic hydroxyl groups is 1. The van der Waals surface area contributed by atoms with Gasteiger partial charge in [0.1, 0.15) is 11.5 Å². The molecule has 188 valence electrons. The van der Waals surface area contributed by atoms with Gasteiger partial charge in [0, 0.05) is 12.1 Å². The van der Waals surface area contributed by atoms with Gasteiger partial charge in [-0.25, -0.2) is 0 Å². The molecule has 0 aliphatic carbocycles. The minimum atomic E-state index is -0.760. The molecule has 0 aromatic heterocycles. The van der Waals surface area contributed by atoms with Crippen LogP contribution < -0.4 is 14.2 Å². The lowest BCUT2D eigenvalue weighted by Gasteiger charge is -2.26. The highest BCUT2D eigenvalue weighted by Gasteiger charge is 2.46. The number of aliphatic hydroxyl groups excluding tert-OH is 1. The van der Waals surface area contributed by atoms with Crippen LogP contribution in [0, 0.1) is 6.92 Å². The molecule has 8 nitrogen and oxygen atoms in total. The van der Waals surface area contributed by atoms with E-state index in [4.69, 9.17) is 14.2 Å². The van der Waals surface area contributed by atoms with E-state index >= 15 is 0 Å². The molecule has 0 spiro atoms. The monoisotopic (exact) mass is 482 g/mol. The van der Waals surface area contributed by atoms with Crippen molar-refractivity contribution in [1.29, 1.82) is 0 Å². The van der Waals surface area contributed by atoms with Gasteiger partial charge in [0.25, 0.3) is 11.7 Å². The van der Waals surface area contributed by atoms with Crippen molar-refractivity contribution in [2.24, 2.45) is 0 Å². The molecule has 2 aromatic rings. The summed E-state index contributed by atoms with van der Waals surface area (Å²) in [6.45, 7) is 5.39. The molecule has 2 aromatic carbocycles. The van der Waals surface area contributed by atoms with E-state index in [0.717, 1.165) is 12.1 Å². The van der Waals surface area contributed by atoms with E-state index in [-0.39, 0.29) is 11.3 Å². The highest BCUT2D eigenvalue weighted by Crippen LogP contribution is 2.42. The van der Waals surface area contributed by atoms with Crippen molar-refractivity contribution in [3.8, 4) is 17.2 Å². The first-order valence-electron chi connectivity index (χ1n) is 11.6. The third-order valence-corrected chi connectivity index (χ3v) is 6.02. The third kappa shape index (κ3) is 5.43. The van der Waals surface area contributed by atoms with Crippen LogP contribution in [0.2, 0.25) is 0 Å². The highest BCUT2D eigenvalue weighted by molar-refractivity contribution is 6.46. The van der Waals surface area contributed by atoms with E-state index in [2.05, 4.69) is 0 Å². The van der Waals surface area contributed by atoms with E-state index in [1.807, 2.05) is 32.8 Å². The highest BCUT2D eigenvalue weighted by atomic mass is 16.5. The molecule has 0 saturated carbocycles. The summed E-state index contributed by atoms with van der Waals surface area (Å²) in [7, 11) is 6.97. The number of rotatable bonds is 10. The first-order valence-corrected chi connectivity index (χ1v) is 11.6. The van der Waals surface area contributed by atoms with E-state index < -0.39 is 17.7 Å². The molecular weight excluding hydrogens is 448 g/mol. The number of hydrogen-bond donors (Lipinski definition) is 1. The fraction of sp³-hybridized carbons (Fsp3) is 0.407. The van der Waals surface area contributed by atoms with Gasteiger partial charge in [0.15, 0.2) is 11.5 Å². The first kappa shape index (κ1) is 26.1. The molecule has 1 atom stereocenters. The van der Waals surface area contributed by atoms with Crippen molar-refractivity contribution >= 4 is 17.4 Å². The summed E-state index contributed by atoms with van der Waals surface area (Å²) in [6, 6.07) is 9.70. The fourth-order valence-corrected chi connectivity index (χ4v) is 4.31. The summed E-state index contributed by atoms with van der Waals surface area (Å²) in [5, 5.41) is 11.3. The summed E-state index contributed by atoms with van der Waals surface area (Å²) in [6.07, 6.45) is 0.673. The molecule has 0 bridgehead atoms. The van der Waals surface area contributed by atoms with Crippen LogP contribution in [0.4, 0.5) is 0 Å². The molecular formula is C27H34N2O6. The van der Waals surface area contributed by atoms with E-state index in [9.17, 15) is 14.7 Å². The zero-order valence-electron chi connectivity index (χ0n) is 21.3. The number of ether oxygens (including phenoxy) is 3. The third-order valence-electron chi connectivity index (χ3n) is 6.02. The number of carbonyl (C=O) groups is 2. The molecule has 1 N–H and O–H groups in total.